The first-order valence-corrected chi connectivity index (χ1v) is 22.7. The quantitative estimate of drug-likeness (QED) is 0.143. The first kappa shape index (κ1) is 38.9. The number of hydrogen-bond acceptors (Lipinski definition) is 2. The van der Waals surface area contributed by atoms with Gasteiger partial charge in [0.1, 0.15) is 0 Å². The van der Waals surface area contributed by atoms with Crippen LogP contribution in [0.25, 0.3) is 76.5 Å². The van der Waals surface area contributed by atoms with E-state index in [9.17, 15) is 0 Å². The molecule has 2 heteroatoms. The summed E-state index contributed by atoms with van der Waals surface area (Å²) in [5.41, 5.74) is 13.7. The fraction of sp³-hybridized carbons (Fsp3) is 0. The second-order valence-electron chi connectivity index (χ2n) is 16.8. The van der Waals surface area contributed by atoms with Gasteiger partial charge in [-0.2, -0.15) is 0 Å². The molecule has 0 aromatic heterocycles. The zero-order chi connectivity index (χ0) is 43.8. The monoisotopic (exact) mass is 840 g/mol. The van der Waals surface area contributed by atoms with E-state index in [4.69, 9.17) is 0 Å². The largest absolute Gasteiger partial charge is 0.309 e. The predicted octanol–water partition coefficient (Wildman–Crippen LogP) is 18.2. The van der Waals surface area contributed by atoms with Crippen LogP contribution in [0.4, 0.5) is 34.1 Å². The summed E-state index contributed by atoms with van der Waals surface area (Å²) < 4.78 is 0. The molecule has 310 valence electrons. The van der Waals surface area contributed by atoms with Gasteiger partial charge in [-0.05, 0) is 91.8 Å². The maximum atomic E-state index is 2.50. The lowest BCUT2D eigenvalue weighted by atomic mass is 9.85. The van der Waals surface area contributed by atoms with Crippen molar-refractivity contribution in [1.82, 2.24) is 0 Å². The van der Waals surface area contributed by atoms with Crippen molar-refractivity contribution >= 4 is 77.2 Å². The molecule has 0 spiro atoms. The summed E-state index contributed by atoms with van der Waals surface area (Å²) in [5, 5.41) is 9.59. The van der Waals surface area contributed by atoms with Crippen molar-refractivity contribution in [2.45, 2.75) is 0 Å². The van der Waals surface area contributed by atoms with Gasteiger partial charge in [-0.3, -0.25) is 0 Å². The fourth-order valence-corrected chi connectivity index (χ4v) is 10.0. The van der Waals surface area contributed by atoms with Crippen molar-refractivity contribution in [3.8, 4) is 33.4 Å². The van der Waals surface area contributed by atoms with Gasteiger partial charge in [0.25, 0.3) is 0 Å². The number of benzene rings is 12. The van der Waals surface area contributed by atoms with E-state index in [1.807, 2.05) is 0 Å². The Kier molecular flexibility index (Phi) is 9.89. The highest BCUT2D eigenvalue weighted by Gasteiger charge is 2.26. The van der Waals surface area contributed by atoms with E-state index in [1.54, 1.807) is 0 Å². The number of anilines is 6. The molecule has 2 nitrogen and oxygen atoms in total. The van der Waals surface area contributed by atoms with E-state index in [0.717, 1.165) is 61.9 Å². The van der Waals surface area contributed by atoms with Crippen LogP contribution >= 0.6 is 0 Å². The number of rotatable bonds is 9. The molecule has 0 saturated carbocycles. The molecule has 0 saturated heterocycles. The first-order valence-electron chi connectivity index (χ1n) is 22.7. The number of fused-ring (bicyclic) bond motifs is 4. The highest BCUT2D eigenvalue weighted by atomic mass is 15.2. The minimum Gasteiger partial charge on any atom is -0.309 e. The fourth-order valence-electron chi connectivity index (χ4n) is 10.0. The Bertz CT molecular complexity index is 3530. The molecular weight excluding hydrogens is 797 g/mol. The molecule has 0 heterocycles. The molecule has 0 aliphatic rings. The SMILES string of the molecule is c1ccc(-c2c(-c3ccc(N(c4cccc5ccccc45)c4cccc5ccccc45)cc3)ccc(N(c3cccc4ccccc34)c3cccc4ccccc34)c2-c2ccccc2)cc1. The van der Waals surface area contributed by atoms with Crippen LogP contribution in [0.3, 0.4) is 0 Å². The zero-order valence-electron chi connectivity index (χ0n) is 36.3. The van der Waals surface area contributed by atoms with Crippen LogP contribution in [0.2, 0.25) is 0 Å². The Hall–Kier alpha value is -8.72. The van der Waals surface area contributed by atoms with Crippen molar-refractivity contribution in [2.75, 3.05) is 9.80 Å². The second-order valence-corrected chi connectivity index (χ2v) is 16.8. The third-order valence-corrected chi connectivity index (χ3v) is 13.0. The van der Waals surface area contributed by atoms with E-state index in [-0.39, 0.29) is 0 Å². The second kappa shape index (κ2) is 16.8. The lowest BCUT2D eigenvalue weighted by Crippen LogP contribution is -2.13. The van der Waals surface area contributed by atoms with Gasteiger partial charge in [0, 0.05) is 32.8 Å². The van der Waals surface area contributed by atoms with Crippen molar-refractivity contribution in [1.29, 1.82) is 0 Å². The molecule has 0 unspecified atom stereocenters. The van der Waals surface area contributed by atoms with E-state index < -0.39 is 0 Å². The minimum atomic E-state index is 1.09. The third kappa shape index (κ3) is 6.84. The topological polar surface area (TPSA) is 6.48 Å². The van der Waals surface area contributed by atoms with E-state index >= 15 is 0 Å². The van der Waals surface area contributed by atoms with Gasteiger partial charge in [0.15, 0.2) is 0 Å². The Balaban J connectivity index is 1.11. The third-order valence-electron chi connectivity index (χ3n) is 13.0. The molecule has 0 radical (unpaired) electrons. The van der Waals surface area contributed by atoms with Gasteiger partial charge in [-0.15, -0.1) is 0 Å². The van der Waals surface area contributed by atoms with Crippen LogP contribution in [0.5, 0.6) is 0 Å². The molecule has 0 aliphatic carbocycles. The summed E-state index contributed by atoms with van der Waals surface area (Å²) in [5.74, 6) is 0. The van der Waals surface area contributed by atoms with E-state index in [0.29, 0.717) is 0 Å². The molecule has 12 aromatic rings. The molecule has 12 rings (SSSR count). The van der Waals surface area contributed by atoms with Gasteiger partial charge in [-0.1, -0.05) is 224 Å². The Morgan fingerprint density at radius 1 is 0.197 bits per heavy atom. The Morgan fingerprint density at radius 2 is 0.545 bits per heavy atom. The number of nitrogens with zero attached hydrogens (tertiary/aromatic N) is 2. The standard InChI is InChI=1S/C64H44N2/c1-3-23-50(24-4-1)63-57(49-39-41-52(42-40-49)65(58-35-15-27-45-19-7-11-31-53(45)58)59-36-16-28-46-20-8-12-32-54(46)59)43-44-62(64(63)51-25-5-2-6-26-51)66(60-37-17-29-47-21-9-13-33-55(47)60)61-38-18-30-48-22-10-14-34-56(48)61/h1-44H. The highest BCUT2D eigenvalue weighted by molar-refractivity contribution is 6.10. The van der Waals surface area contributed by atoms with Gasteiger partial charge in [0.2, 0.25) is 0 Å². The summed E-state index contributed by atoms with van der Waals surface area (Å²) in [6.07, 6.45) is 0. The first-order chi connectivity index (χ1) is 32.8. The van der Waals surface area contributed by atoms with Crippen molar-refractivity contribution in [3.05, 3.63) is 267 Å². The zero-order valence-corrected chi connectivity index (χ0v) is 36.3. The summed E-state index contributed by atoms with van der Waals surface area (Å²) in [7, 11) is 0. The molecule has 0 N–H and O–H groups in total. The average Bonchev–Trinajstić information content (AvgIpc) is 3.39. The van der Waals surface area contributed by atoms with Gasteiger partial charge in [0.05, 0.1) is 28.4 Å². The Labute approximate surface area is 385 Å². The van der Waals surface area contributed by atoms with Crippen LogP contribution in [-0.2, 0) is 0 Å². The van der Waals surface area contributed by atoms with Crippen molar-refractivity contribution < 1.29 is 0 Å². The van der Waals surface area contributed by atoms with Crippen LogP contribution in [0.15, 0.2) is 267 Å². The lowest BCUT2D eigenvalue weighted by Gasteiger charge is -2.32. The summed E-state index contributed by atoms with van der Waals surface area (Å²) in [6.45, 7) is 0. The van der Waals surface area contributed by atoms with Crippen LogP contribution in [-0.4, -0.2) is 0 Å². The molecule has 0 atom stereocenters. The highest BCUT2D eigenvalue weighted by Crippen LogP contribution is 2.52. The molecule has 12 aromatic carbocycles. The maximum absolute atomic E-state index is 2.50. The Morgan fingerprint density at radius 3 is 0.970 bits per heavy atom. The predicted molar refractivity (Wildman–Crippen MR) is 282 cm³/mol. The van der Waals surface area contributed by atoms with Crippen LogP contribution in [0.1, 0.15) is 0 Å². The molecule has 0 amide bonds. The van der Waals surface area contributed by atoms with Crippen molar-refractivity contribution in [3.63, 3.8) is 0 Å². The summed E-state index contributed by atoms with van der Waals surface area (Å²) in [4.78, 5) is 4.93. The smallest absolute Gasteiger partial charge is 0.0547 e. The van der Waals surface area contributed by atoms with Gasteiger partial charge < -0.3 is 9.80 Å². The van der Waals surface area contributed by atoms with Crippen molar-refractivity contribution in [2.24, 2.45) is 0 Å². The van der Waals surface area contributed by atoms with Gasteiger partial charge in [-0.25, -0.2) is 0 Å². The lowest BCUT2D eigenvalue weighted by molar-refractivity contribution is 1.31. The maximum Gasteiger partial charge on any atom is 0.0547 e. The molecule has 0 fully saturated rings. The normalized spacial score (nSPS) is 11.3. The van der Waals surface area contributed by atoms with E-state index in [2.05, 4.69) is 277 Å². The summed E-state index contributed by atoms with van der Waals surface area (Å²) >= 11 is 0. The van der Waals surface area contributed by atoms with Gasteiger partial charge >= 0.3 is 0 Å². The van der Waals surface area contributed by atoms with E-state index in [1.165, 1.54) is 48.7 Å². The number of hydrogen-bond donors (Lipinski definition) is 0. The summed E-state index contributed by atoms with van der Waals surface area (Å²) in [6, 6.07) is 97.2. The molecule has 0 aliphatic heterocycles. The van der Waals surface area contributed by atoms with Crippen LogP contribution in [0, 0.1) is 0 Å². The van der Waals surface area contributed by atoms with Crippen LogP contribution < -0.4 is 9.80 Å². The molecular formula is C64H44N2. The molecule has 0 bridgehead atoms. The minimum absolute atomic E-state index is 1.09. The molecule has 66 heavy (non-hydrogen) atoms. The average molecular weight is 841 g/mol.